The molecular weight excluding hydrogens is 511 g/mol. The number of sulfonamides is 1. The molecule has 0 amide bonds. The normalized spacial score (nSPS) is 19.7. The molecule has 35 heavy (non-hydrogen) atoms. The maximum Gasteiger partial charge on any atom is 0.573 e. The van der Waals surface area contributed by atoms with Gasteiger partial charge < -0.3 is 14.7 Å². The van der Waals surface area contributed by atoms with Crippen molar-refractivity contribution in [3.63, 3.8) is 0 Å². The van der Waals surface area contributed by atoms with Gasteiger partial charge in [-0.15, -0.1) is 13.2 Å². The van der Waals surface area contributed by atoms with Gasteiger partial charge in [-0.1, -0.05) is 11.3 Å². The number of alkyl halides is 3. The number of hydrogen-bond donors (Lipinski definition) is 1. The van der Waals surface area contributed by atoms with Gasteiger partial charge in [0.1, 0.15) is 17.6 Å². The summed E-state index contributed by atoms with van der Waals surface area (Å²) in [6.07, 6.45) is -1.15. The van der Waals surface area contributed by atoms with E-state index < -0.39 is 34.1 Å². The van der Waals surface area contributed by atoms with E-state index in [0.717, 1.165) is 51.9 Å². The number of benzene rings is 1. The lowest BCUT2D eigenvalue weighted by atomic mass is 10.2. The van der Waals surface area contributed by atoms with Crippen LogP contribution in [0.25, 0.3) is 10.3 Å². The van der Waals surface area contributed by atoms with Crippen LogP contribution in [0, 0.1) is 0 Å². The molecule has 1 atom stereocenters. The van der Waals surface area contributed by atoms with Crippen molar-refractivity contribution in [3.05, 3.63) is 36.3 Å². The van der Waals surface area contributed by atoms with Crippen molar-refractivity contribution in [1.29, 1.82) is 0 Å². The maximum atomic E-state index is 13.1. The second kappa shape index (κ2) is 8.57. The van der Waals surface area contributed by atoms with Gasteiger partial charge in [0.15, 0.2) is 10.8 Å². The summed E-state index contributed by atoms with van der Waals surface area (Å²) in [5.74, 6) is -0.851. The van der Waals surface area contributed by atoms with E-state index in [1.807, 2.05) is 0 Å². The molecule has 2 aromatic heterocycles. The Balaban J connectivity index is 1.36. The molecule has 0 radical (unpaired) electrons. The zero-order valence-electron chi connectivity index (χ0n) is 17.8. The number of piperazine rings is 1. The lowest BCUT2D eigenvalue weighted by molar-refractivity contribution is -0.274. The van der Waals surface area contributed by atoms with Crippen LogP contribution >= 0.6 is 11.3 Å². The van der Waals surface area contributed by atoms with Crippen LogP contribution < -0.4 is 9.64 Å². The SMILES string of the molecule is O=C(O)C1CN(c2nc3nc(C4CC4)ncc3s2)CCN1S(=O)(=O)c1ccc(OC(F)(F)F)cc1. The van der Waals surface area contributed by atoms with Gasteiger partial charge in [-0.3, -0.25) is 4.79 Å². The van der Waals surface area contributed by atoms with E-state index in [9.17, 15) is 31.5 Å². The van der Waals surface area contributed by atoms with Gasteiger partial charge >= 0.3 is 12.3 Å². The van der Waals surface area contributed by atoms with Crippen LogP contribution in [-0.2, 0) is 14.8 Å². The average Bonchev–Trinajstić information content (AvgIpc) is 3.56. The van der Waals surface area contributed by atoms with Crippen LogP contribution in [-0.4, -0.2) is 70.8 Å². The summed E-state index contributed by atoms with van der Waals surface area (Å²) in [6, 6.07) is 2.20. The number of aromatic nitrogens is 3. The Labute approximate surface area is 201 Å². The number of anilines is 1. The molecule has 1 saturated carbocycles. The van der Waals surface area contributed by atoms with Gasteiger partial charge in [-0.05, 0) is 37.1 Å². The first kappa shape index (κ1) is 23.7. The molecule has 1 aliphatic heterocycles. The average molecular weight is 530 g/mol. The molecule has 0 bridgehead atoms. The Hall–Kier alpha value is -3.04. The van der Waals surface area contributed by atoms with Crippen molar-refractivity contribution in [2.75, 3.05) is 24.5 Å². The highest BCUT2D eigenvalue weighted by molar-refractivity contribution is 7.89. The highest BCUT2D eigenvalue weighted by atomic mass is 32.2. The molecule has 0 spiro atoms. The summed E-state index contributed by atoms with van der Waals surface area (Å²) in [6.45, 7) is -0.150. The molecule has 3 heterocycles. The van der Waals surface area contributed by atoms with Crippen LogP contribution in [0.3, 0.4) is 0 Å². The molecule has 1 aromatic carbocycles. The number of thiazole rings is 1. The van der Waals surface area contributed by atoms with Gasteiger partial charge in [-0.2, -0.15) is 9.29 Å². The first-order valence-corrected chi connectivity index (χ1v) is 12.8. The maximum absolute atomic E-state index is 13.1. The Morgan fingerprint density at radius 2 is 1.86 bits per heavy atom. The molecule has 10 nitrogen and oxygen atoms in total. The highest BCUT2D eigenvalue weighted by Gasteiger charge is 2.41. The van der Waals surface area contributed by atoms with Crippen LogP contribution in [0.4, 0.5) is 18.3 Å². The van der Waals surface area contributed by atoms with Gasteiger partial charge in [0.05, 0.1) is 15.8 Å². The van der Waals surface area contributed by atoms with Crippen LogP contribution in [0.15, 0.2) is 35.4 Å². The van der Waals surface area contributed by atoms with Crippen molar-refractivity contribution in [2.45, 2.75) is 36.1 Å². The van der Waals surface area contributed by atoms with E-state index in [1.165, 1.54) is 11.3 Å². The third-order valence-corrected chi connectivity index (χ3v) is 8.61. The summed E-state index contributed by atoms with van der Waals surface area (Å²) in [5.41, 5.74) is 0.519. The van der Waals surface area contributed by atoms with Crippen molar-refractivity contribution < 1.29 is 36.2 Å². The van der Waals surface area contributed by atoms with Gasteiger partial charge in [-0.25, -0.2) is 18.4 Å². The zero-order valence-corrected chi connectivity index (χ0v) is 19.5. The van der Waals surface area contributed by atoms with Crippen molar-refractivity contribution >= 4 is 42.8 Å². The standard InChI is InChI=1S/C20H18F3N5O5S2/c21-20(22,23)33-12-3-5-13(6-4-12)35(31,32)28-8-7-27(10-14(28)18(29)30)19-26-17-15(34-19)9-24-16(25-17)11-1-2-11/h3-6,9,11,14H,1-2,7-8,10H2,(H,29,30). The molecule has 186 valence electrons. The quantitative estimate of drug-likeness (QED) is 0.513. The van der Waals surface area contributed by atoms with Gasteiger partial charge in [0.2, 0.25) is 10.0 Å². The Morgan fingerprint density at radius 3 is 2.49 bits per heavy atom. The van der Waals surface area contributed by atoms with E-state index in [4.69, 9.17) is 0 Å². The second-order valence-electron chi connectivity index (χ2n) is 8.12. The van der Waals surface area contributed by atoms with Crippen LogP contribution in [0.5, 0.6) is 5.75 Å². The van der Waals surface area contributed by atoms with Crippen molar-refractivity contribution in [3.8, 4) is 5.75 Å². The Bertz CT molecular complexity index is 1380. The van der Waals surface area contributed by atoms with E-state index in [-0.39, 0.29) is 24.5 Å². The number of carboxylic acid groups (broad SMARTS) is 1. The Morgan fingerprint density at radius 1 is 1.14 bits per heavy atom. The number of carboxylic acids is 1. The smallest absolute Gasteiger partial charge is 0.480 e. The molecule has 1 aliphatic carbocycles. The van der Waals surface area contributed by atoms with Crippen molar-refractivity contribution in [1.82, 2.24) is 19.3 Å². The molecule has 3 aromatic rings. The first-order valence-electron chi connectivity index (χ1n) is 10.5. The zero-order chi connectivity index (χ0) is 25.0. The lowest BCUT2D eigenvalue weighted by Gasteiger charge is -2.38. The molecule has 15 heteroatoms. The minimum Gasteiger partial charge on any atom is -0.480 e. The summed E-state index contributed by atoms with van der Waals surface area (Å²) < 4.78 is 68.8. The fourth-order valence-electron chi connectivity index (χ4n) is 3.79. The first-order chi connectivity index (χ1) is 16.5. The summed E-state index contributed by atoms with van der Waals surface area (Å²) in [7, 11) is -4.31. The molecule has 5 rings (SSSR count). The molecular formula is C20H18F3N5O5S2. The number of halogens is 3. The predicted octanol–water partition coefficient (Wildman–Crippen LogP) is 2.83. The van der Waals surface area contributed by atoms with E-state index in [0.29, 0.717) is 16.7 Å². The lowest BCUT2D eigenvalue weighted by Crippen LogP contribution is -2.58. The number of nitrogens with zero attached hydrogens (tertiary/aromatic N) is 5. The van der Waals surface area contributed by atoms with E-state index in [1.54, 1.807) is 11.1 Å². The third kappa shape index (κ3) is 4.88. The predicted molar refractivity (Wildman–Crippen MR) is 118 cm³/mol. The number of carbonyl (C=O) groups is 1. The summed E-state index contributed by atoms with van der Waals surface area (Å²) >= 11 is 1.29. The topological polar surface area (TPSA) is 126 Å². The third-order valence-electron chi connectivity index (χ3n) is 5.65. The molecule has 1 saturated heterocycles. The molecule has 2 aliphatic rings. The van der Waals surface area contributed by atoms with E-state index in [2.05, 4.69) is 19.7 Å². The molecule has 1 unspecified atom stereocenters. The minimum atomic E-state index is -4.92. The van der Waals surface area contributed by atoms with Crippen LogP contribution in [0.1, 0.15) is 24.6 Å². The van der Waals surface area contributed by atoms with Crippen LogP contribution in [0.2, 0.25) is 0 Å². The van der Waals surface area contributed by atoms with Crippen molar-refractivity contribution in [2.24, 2.45) is 0 Å². The fraction of sp³-hybridized carbons (Fsp3) is 0.400. The number of fused-ring (bicyclic) bond motifs is 1. The Kier molecular flexibility index (Phi) is 5.80. The monoisotopic (exact) mass is 529 g/mol. The number of aliphatic carboxylic acids is 1. The summed E-state index contributed by atoms with van der Waals surface area (Å²) in [4.78, 5) is 26.7. The fourth-order valence-corrected chi connectivity index (χ4v) is 6.27. The number of ether oxygens (including phenoxy) is 1. The molecule has 2 fully saturated rings. The number of rotatable bonds is 6. The van der Waals surface area contributed by atoms with E-state index >= 15 is 0 Å². The van der Waals surface area contributed by atoms with Gasteiger partial charge in [0.25, 0.3) is 0 Å². The minimum absolute atomic E-state index is 0.158. The highest BCUT2D eigenvalue weighted by Crippen LogP contribution is 2.39. The second-order valence-corrected chi connectivity index (χ2v) is 11.0. The molecule has 1 N–H and O–H groups in total. The van der Waals surface area contributed by atoms with Gasteiger partial charge in [0, 0.05) is 25.6 Å². The largest absolute Gasteiger partial charge is 0.573 e. The summed E-state index contributed by atoms with van der Waals surface area (Å²) in [5, 5.41) is 10.3. The number of hydrogen-bond acceptors (Lipinski definition) is 9.